The first kappa shape index (κ1) is 21.2. The summed E-state index contributed by atoms with van der Waals surface area (Å²) >= 11 is 0. The molecule has 0 fully saturated rings. The Balaban J connectivity index is 1.65. The van der Waals surface area contributed by atoms with E-state index in [9.17, 15) is 9.59 Å². The van der Waals surface area contributed by atoms with E-state index >= 15 is 0 Å². The van der Waals surface area contributed by atoms with E-state index in [2.05, 4.69) is 13.2 Å². The molecule has 0 heterocycles. The Morgan fingerprint density at radius 3 is 1.71 bits per heavy atom. The maximum atomic E-state index is 12.0. The molecular formula is C24H26O4. The SMILES string of the molecule is C=C(C)c1ccc(C(=O)OCCCCOC(=C)c2ccc(C(C)=O)cc2)cc1. The third-order valence-corrected chi connectivity index (χ3v) is 4.27. The Labute approximate surface area is 166 Å². The molecule has 2 aromatic rings. The second-order valence-electron chi connectivity index (χ2n) is 6.61. The molecule has 0 aliphatic rings. The molecular weight excluding hydrogens is 352 g/mol. The number of allylic oxidation sites excluding steroid dienone is 1. The summed E-state index contributed by atoms with van der Waals surface area (Å²) < 4.78 is 10.9. The number of Topliss-reactive ketones (excluding diaryl/α,β-unsaturated/α-hetero) is 1. The van der Waals surface area contributed by atoms with Gasteiger partial charge in [-0.05, 0) is 44.4 Å². The van der Waals surface area contributed by atoms with Crippen LogP contribution in [0.1, 0.15) is 58.5 Å². The maximum Gasteiger partial charge on any atom is 0.338 e. The van der Waals surface area contributed by atoms with Crippen LogP contribution in [0.4, 0.5) is 0 Å². The zero-order chi connectivity index (χ0) is 20.5. The molecule has 0 N–H and O–H groups in total. The number of ketones is 1. The van der Waals surface area contributed by atoms with Gasteiger partial charge in [0.1, 0.15) is 5.76 Å². The molecule has 0 atom stereocenters. The summed E-state index contributed by atoms with van der Waals surface area (Å²) in [7, 11) is 0. The van der Waals surface area contributed by atoms with E-state index in [4.69, 9.17) is 9.47 Å². The average molecular weight is 378 g/mol. The minimum Gasteiger partial charge on any atom is -0.494 e. The predicted molar refractivity (Wildman–Crippen MR) is 112 cm³/mol. The van der Waals surface area contributed by atoms with Crippen LogP contribution in [-0.2, 0) is 9.47 Å². The van der Waals surface area contributed by atoms with Gasteiger partial charge in [-0.1, -0.05) is 55.1 Å². The lowest BCUT2D eigenvalue weighted by molar-refractivity contribution is 0.0492. The molecule has 0 amide bonds. The molecule has 0 aliphatic carbocycles. The lowest BCUT2D eigenvalue weighted by atomic mass is 10.1. The number of rotatable bonds is 10. The van der Waals surface area contributed by atoms with Gasteiger partial charge in [-0.25, -0.2) is 4.79 Å². The van der Waals surface area contributed by atoms with Crippen LogP contribution in [0.15, 0.2) is 61.7 Å². The third kappa shape index (κ3) is 6.23. The Kier molecular flexibility index (Phi) is 7.76. The molecule has 2 rings (SSSR count). The molecule has 2 aromatic carbocycles. The van der Waals surface area contributed by atoms with Gasteiger partial charge in [0.25, 0.3) is 0 Å². The Hall–Kier alpha value is -3.14. The zero-order valence-electron chi connectivity index (χ0n) is 16.5. The summed E-state index contributed by atoms with van der Waals surface area (Å²) in [6, 6.07) is 14.4. The molecule has 0 saturated heterocycles. The van der Waals surface area contributed by atoms with Gasteiger partial charge in [-0.3, -0.25) is 4.79 Å². The van der Waals surface area contributed by atoms with E-state index in [-0.39, 0.29) is 11.8 Å². The highest BCUT2D eigenvalue weighted by atomic mass is 16.5. The van der Waals surface area contributed by atoms with Crippen LogP contribution in [0.25, 0.3) is 11.3 Å². The van der Waals surface area contributed by atoms with Gasteiger partial charge in [0, 0.05) is 11.1 Å². The summed E-state index contributed by atoms with van der Waals surface area (Å²) in [4.78, 5) is 23.3. The van der Waals surface area contributed by atoms with E-state index < -0.39 is 0 Å². The lowest BCUT2D eigenvalue weighted by Crippen LogP contribution is -2.07. The highest BCUT2D eigenvalue weighted by Crippen LogP contribution is 2.16. The molecule has 0 unspecified atom stereocenters. The fourth-order valence-corrected chi connectivity index (χ4v) is 2.51. The molecule has 0 saturated carbocycles. The topological polar surface area (TPSA) is 52.6 Å². The van der Waals surface area contributed by atoms with E-state index in [1.54, 1.807) is 24.3 Å². The number of unbranched alkanes of at least 4 members (excludes halogenated alkanes) is 1. The van der Waals surface area contributed by atoms with Crippen molar-refractivity contribution >= 4 is 23.1 Å². The van der Waals surface area contributed by atoms with Gasteiger partial charge in [0.15, 0.2) is 5.78 Å². The van der Waals surface area contributed by atoms with E-state index in [1.165, 1.54) is 6.92 Å². The number of hydrogen-bond acceptors (Lipinski definition) is 4. The van der Waals surface area contributed by atoms with Crippen molar-refractivity contribution in [2.75, 3.05) is 13.2 Å². The minimum absolute atomic E-state index is 0.0272. The number of benzene rings is 2. The van der Waals surface area contributed by atoms with Crippen LogP contribution in [0.2, 0.25) is 0 Å². The van der Waals surface area contributed by atoms with Gasteiger partial charge in [-0.2, -0.15) is 0 Å². The van der Waals surface area contributed by atoms with E-state index in [0.29, 0.717) is 36.5 Å². The average Bonchev–Trinajstić information content (AvgIpc) is 2.70. The molecule has 0 spiro atoms. The van der Waals surface area contributed by atoms with E-state index in [1.807, 2.05) is 31.2 Å². The number of hydrogen-bond donors (Lipinski definition) is 0. The Morgan fingerprint density at radius 2 is 1.18 bits per heavy atom. The maximum absolute atomic E-state index is 12.0. The second-order valence-corrected chi connectivity index (χ2v) is 6.61. The highest BCUT2D eigenvalue weighted by molar-refractivity contribution is 5.94. The quantitative estimate of drug-likeness (QED) is 0.235. The summed E-state index contributed by atoms with van der Waals surface area (Å²) in [5.74, 6) is 0.258. The van der Waals surface area contributed by atoms with Crippen LogP contribution in [0.3, 0.4) is 0 Å². The molecule has 0 aromatic heterocycles. The van der Waals surface area contributed by atoms with Crippen molar-refractivity contribution in [1.29, 1.82) is 0 Å². The Morgan fingerprint density at radius 1 is 0.714 bits per heavy atom. The number of esters is 1. The van der Waals surface area contributed by atoms with Crippen molar-refractivity contribution in [2.24, 2.45) is 0 Å². The predicted octanol–water partition coefficient (Wildman–Crippen LogP) is 5.55. The van der Waals surface area contributed by atoms with Gasteiger partial charge in [-0.15, -0.1) is 0 Å². The first-order valence-electron chi connectivity index (χ1n) is 9.24. The molecule has 4 heteroatoms. The highest BCUT2D eigenvalue weighted by Gasteiger charge is 2.07. The van der Waals surface area contributed by atoms with Crippen molar-refractivity contribution in [1.82, 2.24) is 0 Å². The molecule has 0 radical (unpaired) electrons. The molecule has 28 heavy (non-hydrogen) atoms. The van der Waals surface area contributed by atoms with Crippen LogP contribution in [-0.4, -0.2) is 25.0 Å². The second kappa shape index (κ2) is 10.3. The largest absolute Gasteiger partial charge is 0.494 e. The lowest BCUT2D eigenvalue weighted by Gasteiger charge is -2.10. The van der Waals surface area contributed by atoms with Gasteiger partial charge in [0.05, 0.1) is 18.8 Å². The minimum atomic E-state index is -0.329. The molecule has 0 aliphatic heterocycles. The summed E-state index contributed by atoms with van der Waals surface area (Å²) in [6.07, 6.45) is 1.44. The first-order valence-corrected chi connectivity index (χ1v) is 9.24. The van der Waals surface area contributed by atoms with Gasteiger partial charge >= 0.3 is 5.97 Å². The van der Waals surface area contributed by atoms with Gasteiger partial charge < -0.3 is 9.47 Å². The van der Waals surface area contributed by atoms with Crippen LogP contribution < -0.4 is 0 Å². The Bertz CT molecular complexity index is 772. The summed E-state index contributed by atoms with van der Waals surface area (Å²) in [5, 5.41) is 0. The van der Waals surface area contributed by atoms with Crippen LogP contribution >= 0.6 is 0 Å². The monoisotopic (exact) mass is 378 g/mol. The normalized spacial score (nSPS) is 10.2. The smallest absolute Gasteiger partial charge is 0.338 e. The third-order valence-electron chi connectivity index (χ3n) is 4.27. The van der Waals surface area contributed by atoms with Gasteiger partial charge in [0.2, 0.25) is 0 Å². The molecule has 0 bridgehead atoms. The van der Waals surface area contributed by atoms with Crippen molar-refractivity contribution in [3.63, 3.8) is 0 Å². The number of carbonyl (C=O) groups excluding carboxylic acids is 2. The zero-order valence-corrected chi connectivity index (χ0v) is 16.5. The van der Waals surface area contributed by atoms with E-state index in [0.717, 1.165) is 23.1 Å². The van der Waals surface area contributed by atoms with Crippen molar-refractivity contribution in [2.45, 2.75) is 26.7 Å². The molecule has 4 nitrogen and oxygen atoms in total. The van der Waals surface area contributed by atoms with Crippen LogP contribution in [0.5, 0.6) is 0 Å². The van der Waals surface area contributed by atoms with Crippen molar-refractivity contribution in [3.8, 4) is 0 Å². The van der Waals surface area contributed by atoms with Crippen molar-refractivity contribution in [3.05, 3.63) is 83.9 Å². The summed E-state index contributed by atoms with van der Waals surface area (Å²) in [6.45, 7) is 12.1. The van der Waals surface area contributed by atoms with Crippen LogP contribution in [0, 0.1) is 0 Å². The van der Waals surface area contributed by atoms with Crippen molar-refractivity contribution < 1.29 is 19.1 Å². The fraction of sp³-hybridized carbons (Fsp3) is 0.250. The number of ether oxygens (including phenoxy) is 2. The first-order chi connectivity index (χ1) is 13.4. The number of carbonyl (C=O) groups is 2. The fourth-order valence-electron chi connectivity index (χ4n) is 2.51. The standard InChI is InChI=1S/C24H26O4/c1-17(2)20-7-13-23(14-8-20)24(26)28-16-6-5-15-27-19(4)22-11-9-21(10-12-22)18(3)25/h7-14H,1,4-6,15-16H2,2-3H3. The summed E-state index contributed by atoms with van der Waals surface area (Å²) in [5.41, 5.74) is 3.99. The molecule has 146 valence electrons.